The molecule has 0 spiro atoms. The Bertz CT molecular complexity index is 959. The number of amides is 1. The number of piperazine rings is 1. The molecule has 1 aliphatic rings. The zero-order chi connectivity index (χ0) is 18.3. The molecule has 1 amide bonds. The fourth-order valence-corrected chi connectivity index (χ4v) is 5.27. The number of thiophene rings is 1. The van der Waals surface area contributed by atoms with Crippen LogP contribution in [0.4, 0.5) is 0 Å². The van der Waals surface area contributed by atoms with Gasteiger partial charge in [-0.25, -0.2) is 0 Å². The molecule has 0 N–H and O–H groups in total. The molecule has 7 heteroatoms. The van der Waals surface area contributed by atoms with Gasteiger partial charge in [-0.05, 0) is 46.7 Å². The normalized spacial score (nSPS) is 15.7. The first kappa shape index (κ1) is 18.0. The fourth-order valence-electron chi connectivity index (χ4n) is 3.36. The van der Waals surface area contributed by atoms with Crippen molar-refractivity contribution < 1.29 is 4.79 Å². The molecule has 0 aliphatic carbocycles. The van der Waals surface area contributed by atoms with Crippen molar-refractivity contribution in [2.24, 2.45) is 0 Å². The summed E-state index contributed by atoms with van der Waals surface area (Å²) in [5, 5.41) is 2.78. The maximum Gasteiger partial charge on any atom is 0.270 e. The maximum atomic E-state index is 13.2. The molecule has 1 aromatic carbocycles. The second kappa shape index (κ2) is 7.35. The molecule has 0 radical (unpaired) electrons. The van der Waals surface area contributed by atoms with Gasteiger partial charge in [0, 0.05) is 43.1 Å². The lowest BCUT2D eigenvalue weighted by atomic mass is 10.2. The van der Waals surface area contributed by atoms with E-state index in [1.807, 2.05) is 35.2 Å². The van der Waals surface area contributed by atoms with Crippen molar-refractivity contribution in [3.05, 3.63) is 56.5 Å². The summed E-state index contributed by atoms with van der Waals surface area (Å²) in [5.74, 6) is 0.107. The Morgan fingerprint density at radius 3 is 2.73 bits per heavy atom. The van der Waals surface area contributed by atoms with Crippen molar-refractivity contribution in [1.29, 1.82) is 0 Å². The molecule has 0 saturated carbocycles. The highest BCUT2D eigenvalue weighted by Gasteiger charge is 2.25. The summed E-state index contributed by atoms with van der Waals surface area (Å²) in [5.41, 5.74) is 2.91. The van der Waals surface area contributed by atoms with E-state index in [9.17, 15) is 4.79 Å². The van der Waals surface area contributed by atoms with E-state index in [0.717, 1.165) is 52.1 Å². The molecular formula is C19H19BrClN3OS. The molecule has 136 valence electrons. The molecular weight excluding hydrogens is 434 g/mol. The lowest BCUT2D eigenvalue weighted by Crippen LogP contribution is -2.47. The number of carbonyl (C=O) groups excluding carboxylic acids is 1. The number of likely N-dealkylation sites (N-methyl/N-ethyl adjacent to an activating group) is 1. The third-order valence-corrected chi connectivity index (χ3v) is 6.88. The zero-order valence-corrected chi connectivity index (χ0v) is 17.6. The van der Waals surface area contributed by atoms with Gasteiger partial charge in [-0.2, -0.15) is 0 Å². The van der Waals surface area contributed by atoms with Gasteiger partial charge in [0.15, 0.2) is 0 Å². The van der Waals surface area contributed by atoms with Gasteiger partial charge in [-0.1, -0.05) is 23.7 Å². The summed E-state index contributed by atoms with van der Waals surface area (Å²) in [6.45, 7) is 3.99. The molecule has 4 rings (SSSR count). The van der Waals surface area contributed by atoms with Gasteiger partial charge in [0.2, 0.25) is 0 Å². The van der Waals surface area contributed by atoms with E-state index >= 15 is 0 Å². The van der Waals surface area contributed by atoms with Gasteiger partial charge in [0.25, 0.3) is 5.91 Å². The van der Waals surface area contributed by atoms with Crippen LogP contribution in [0, 0.1) is 0 Å². The van der Waals surface area contributed by atoms with Crippen molar-refractivity contribution >= 4 is 55.0 Å². The van der Waals surface area contributed by atoms with Gasteiger partial charge in [0.05, 0.1) is 14.7 Å². The Hall–Kier alpha value is -1.34. The number of carbonyl (C=O) groups is 1. The lowest BCUT2D eigenvalue weighted by Gasteiger charge is -2.32. The smallest absolute Gasteiger partial charge is 0.270 e. The molecule has 0 unspecified atom stereocenters. The van der Waals surface area contributed by atoms with Gasteiger partial charge < -0.3 is 14.4 Å². The van der Waals surface area contributed by atoms with Gasteiger partial charge in [-0.15, -0.1) is 11.3 Å². The van der Waals surface area contributed by atoms with Gasteiger partial charge >= 0.3 is 0 Å². The Morgan fingerprint density at radius 2 is 2.00 bits per heavy atom. The summed E-state index contributed by atoms with van der Waals surface area (Å²) in [6.07, 6.45) is 0. The zero-order valence-electron chi connectivity index (χ0n) is 14.4. The monoisotopic (exact) mass is 451 g/mol. The number of hydrogen-bond donors (Lipinski definition) is 0. The highest BCUT2D eigenvalue weighted by Crippen LogP contribution is 2.34. The third-order valence-electron chi connectivity index (χ3n) is 4.82. The summed E-state index contributed by atoms with van der Waals surface area (Å²) in [4.78, 5) is 17.4. The average molecular weight is 453 g/mol. The van der Waals surface area contributed by atoms with E-state index in [-0.39, 0.29) is 5.91 Å². The topological polar surface area (TPSA) is 28.5 Å². The van der Waals surface area contributed by atoms with Crippen LogP contribution in [0.25, 0.3) is 10.2 Å². The van der Waals surface area contributed by atoms with Crippen LogP contribution >= 0.6 is 38.9 Å². The molecule has 0 atom stereocenters. The van der Waals surface area contributed by atoms with Crippen LogP contribution in [0.1, 0.15) is 16.1 Å². The van der Waals surface area contributed by atoms with Crippen molar-refractivity contribution in [1.82, 2.24) is 14.4 Å². The molecule has 1 fully saturated rings. The summed E-state index contributed by atoms with van der Waals surface area (Å²) < 4.78 is 4.26. The molecule has 1 saturated heterocycles. The molecule has 3 heterocycles. The van der Waals surface area contributed by atoms with E-state index in [1.54, 1.807) is 11.3 Å². The van der Waals surface area contributed by atoms with Gasteiger partial charge in [0.1, 0.15) is 5.69 Å². The molecule has 1 aliphatic heterocycles. The van der Waals surface area contributed by atoms with E-state index in [2.05, 4.69) is 37.8 Å². The van der Waals surface area contributed by atoms with E-state index in [1.165, 1.54) is 0 Å². The Labute approximate surface area is 170 Å². The van der Waals surface area contributed by atoms with E-state index in [0.29, 0.717) is 11.6 Å². The Morgan fingerprint density at radius 1 is 1.23 bits per heavy atom. The summed E-state index contributed by atoms with van der Waals surface area (Å²) in [7, 11) is 2.09. The van der Waals surface area contributed by atoms with Crippen molar-refractivity contribution in [3.63, 3.8) is 0 Å². The average Bonchev–Trinajstić information content (AvgIpc) is 3.16. The largest absolute Gasteiger partial charge is 0.335 e. The van der Waals surface area contributed by atoms with Crippen LogP contribution in [-0.2, 0) is 6.54 Å². The number of benzene rings is 1. The minimum atomic E-state index is 0.107. The minimum absolute atomic E-state index is 0.107. The first-order chi connectivity index (χ1) is 12.5. The molecule has 2 aromatic heterocycles. The minimum Gasteiger partial charge on any atom is -0.335 e. The standard InChI is InChI=1S/C19H19BrClN3OS/c1-22-5-7-23(8-6-22)19(25)16-10-17-18(15(20)12-26-17)24(16)11-13-3-2-4-14(21)9-13/h2-4,9-10,12H,5-8,11H2,1H3. The molecule has 4 nitrogen and oxygen atoms in total. The summed E-state index contributed by atoms with van der Waals surface area (Å²) >= 11 is 11.5. The van der Waals surface area contributed by atoms with Crippen LogP contribution in [-0.4, -0.2) is 53.5 Å². The Kier molecular flexibility index (Phi) is 5.10. The second-order valence-corrected chi connectivity index (χ2v) is 8.84. The third kappa shape index (κ3) is 3.43. The predicted molar refractivity (Wildman–Crippen MR) is 111 cm³/mol. The van der Waals surface area contributed by atoms with Crippen LogP contribution in [0.2, 0.25) is 5.02 Å². The predicted octanol–water partition coefficient (Wildman–Crippen LogP) is 4.55. The highest BCUT2D eigenvalue weighted by atomic mass is 79.9. The number of fused-ring (bicyclic) bond motifs is 1. The number of hydrogen-bond acceptors (Lipinski definition) is 3. The SMILES string of the molecule is CN1CCN(C(=O)c2cc3scc(Br)c3n2Cc2cccc(Cl)c2)CC1. The van der Waals surface area contributed by atoms with Crippen LogP contribution < -0.4 is 0 Å². The maximum absolute atomic E-state index is 13.2. The second-order valence-electron chi connectivity index (χ2n) is 6.64. The van der Waals surface area contributed by atoms with Crippen molar-refractivity contribution in [2.75, 3.05) is 33.2 Å². The van der Waals surface area contributed by atoms with Gasteiger partial charge in [-0.3, -0.25) is 4.79 Å². The fraction of sp³-hybridized carbons (Fsp3) is 0.316. The lowest BCUT2D eigenvalue weighted by molar-refractivity contribution is 0.0654. The van der Waals surface area contributed by atoms with Crippen LogP contribution in [0.15, 0.2) is 40.2 Å². The quantitative estimate of drug-likeness (QED) is 0.583. The van der Waals surface area contributed by atoms with E-state index < -0.39 is 0 Å². The van der Waals surface area contributed by atoms with E-state index in [4.69, 9.17) is 11.6 Å². The number of halogens is 2. The highest BCUT2D eigenvalue weighted by molar-refractivity contribution is 9.10. The van der Waals surface area contributed by atoms with Crippen LogP contribution in [0.5, 0.6) is 0 Å². The molecule has 0 bridgehead atoms. The number of rotatable bonds is 3. The summed E-state index contributed by atoms with van der Waals surface area (Å²) in [6, 6.07) is 9.84. The van der Waals surface area contributed by atoms with Crippen LogP contribution in [0.3, 0.4) is 0 Å². The molecule has 26 heavy (non-hydrogen) atoms. The Balaban J connectivity index is 1.73. The molecule has 3 aromatic rings. The van der Waals surface area contributed by atoms with Crippen molar-refractivity contribution in [2.45, 2.75) is 6.54 Å². The first-order valence-electron chi connectivity index (χ1n) is 8.51. The van der Waals surface area contributed by atoms with Crippen molar-refractivity contribution in [3.8, 4) is 0 Å². The first-order valence-corrected chi connectivity index (χ1v) is 10.6. The number of aromatic nitrogens is 1. The number of nitrogens with zero attached hydrogens (tertiary/aromatic N) is 3.